The molecule has 0 spiro atoms. The highest BCUT2D eigenvalue weighted by atomic mass is 16.5. The maximum Gasteiger partial charge on any atom is 0.219 e. The van der Waals surface area contributed by atoms with Crippen LogP contribution >= 0.6 is 0 Å². The SMILES string of the molecule is Cc1cc(CNCC(C)C)cc(Oc2cccnc2)n1. The van der Waals surface area contributed by atoms with Gasteiger partial charge in [-0.3, -0.25) is 4.98 Å². The summed E-state index contributed by atoms with van der Waals surface area (Å²) in [5.41, 5.74) is 2.13. The zero-order valence-electron chi connectivity index (χ0n) is 12.3. The average molecular weight is 271 g/mol. The van der Waals surface area contributed by atoms with Crippen LogP contribution in [0.2, 0.25) is 0 Å². The minimum absolute atomic E-state index is 0.611. The van der Waals surface area contributed by atoms with Crippen LogP contribution in [0, 0.1) is 12.8 Å². The molecular weight excluding hydrogens is 250 g/mol. The van der Waals surface area contributed by atoms with Crippen LogP contribution in [0.3, 0.4) is 0 Å². The van der Waals surface area contributed by atoms with E-state index < -0.39 is 0 Å². The van der Waals surface area contributed by atoms with Crippen LogP contribution in [0.1, 0.15) is 25.1 Å². The van der Waals surface area contributed by atoms with Crippen molar-refractivity contribution in [2.24, 2.45) is 5.92 Å². The Labute approximate surface area is 120 Å². The van der Waals surface area contributed by atoms with Crippen LogP contribution < -0.4 is 10.1 Å². The highest BCUT2D eigenvalue weighted by molar-refractivity contribution is 5.29. The molecule has 0 bridgehead atoms. The van der Waals surface area contributed by atoms with Gasteiger partial charge in [-0.2, -0.15) is 0 Å². The Kier molecular flexibility index (Phi) is 5.07. The third-order valence-corrected chi connectivity index (χ3v) is 2.73. The van der Waals surface area contributed by atoms with Crippen molar-refractivity contribution >= 4 is 0 Å². The van der Waals surface area contributed by atoms with E-state index in [0.717, 1.165) is 18.8 Å². The average Bonchev–Trinajstić information content (AvgIpc) is 2.38. The molecule has 0 aromatic carbocycles. The number of hydrogen-bond donors (Lipinski definition) is 1. The van der Waals surface area contributed by atoms with E-state index in [4.69, 9.17) is 4.74 Å². The summed E-state index contributed by atoms with van der Waals surface area (Å²) in [4.78, 5) is 8.42. The number of hydrogen-bond acceptors (Lipinski definition) is 4. The van der Waals surface area contributed by atoms with Crippen molar-refractivity contribution in [2.75, 3.05) is 6.54 Å². The molecule has 0 amide bonds. The molecule has 0 aliphatic heterocycles. The fourth-order valence-electron chi connectivity index (χ4n) is 1.89. The summed E-state index contributed by atoms with van der Waals surface area (Å²) in [6, 6.07) is 7.75. The molecule has 4 heteroatoms. The van der Waals surface area contributed by atoms with Crippen molar-refractivity contribution in [3.05, 3.63) is 47.9 Å². The van der Waals surface area contributed by atoms with E-state index in [2.05, 4.69) is 35.2 Å². The van der Waals surface area contributed by atoms with E-state index in [1.54, 1.807) is 12.4 Å². The minimum atomic E-state index is 0.611. The van der Waals surface area contributed by atoms with Gasteiger partial charge in [0.25, 0.3) is 0 Å². The third-order valence-electron chi connectivity index (χ3n) is 2.73. The van der Waals surface area contributed by atoms with Crippen LogP contribution in [0.4, 0.5) is 0 Å². The molecule has 1 N–H and O–H groups in total. The van der Waals surface area contributed by atoms with Crippen molar-refractivity contribution in [2.45, 2.75) is 27.3 Å². The maximum absolute atomic E-state index is 5.73. The van der Waals surface area contributed by atoms with E-state index in [1.165, 1.54) is 5.56 Å². The summed E-state index contributed by atoms with van der Waals surface area (Å²) in [7, 11) is 0. The monoisotopic (exact) mass is 271 g/mol. The molecule has 0 unspecified atom stereocenters. The molecule has 2 rings (SSSR count). The lowest BCUT2D eigenvalue weighted by molar-refractivity contribution is 0.458. The first-order chi connectivity index (χ1) is 9.63. The standard InChI is InChI=1S/C16H21N3O/c1-12(2)9-18-10-14-7-13(3)19-16(8-14)20-15-5-4-6-17-11-15/h4-8,11-12,18H,9-10H2,1-3H3. The molecule has 4 nitrogen and oxygen atoms in total. The molecule has 2 heterocycles. The predicted octanol–water partition coefficient (Wildman–Crippen LogP) is 3.32. The van der Waals surface area contributed by atoms with E-state index in [-0.39, 0.29) is 0 Å². The molecule has 0 saturated heterocycles. The van der Waals surface area contributed by atoms with Crippen molar-refractivity contribution in [1.29, 1.82) is 0 Å². The molecule has 0 atom stereocenters. The predicted molar refractivity (Wildman–Crippen MR) is 79.8 cm³/mol. The fourth-order valence-corrected chi connectivity index (χ4v) is 1.89. The highest BCUT2D eigenvalue weighted by Crippen LogP contribution is 2.19. The van der Waals surface area contributed by atoms with Crippen molar-refractivity contribution in [3.63, 3.8) is 0 Å². The summed E-state index contributed by atoms with van der Waals surface area (Å²) < 4.78 is 5.73. The van der Waals surface area contributed by atoms with Crippen molar-refractivity contribution in [1.82, 2.24) is 15.3 Å². The molecule has 0 saturated carbocycles. The molecule has 0 aliphatic rings. The normalized spacial score (nSPS) is 10.8. The van der Waals surface area contributed by atoms with Crippen LogP contribution in [0.15, 0.2) is 36.7 Å². The van der Waals surface area contributed by atoms with Gasteiger partial charge in [-0.05, 0) is 43.1 Å². The molecule has 2 aromatic heterocycles. The van der Waals surface area contributed by atoms with Gasteiger partial charge in [0.2, 0.25) is 5.88 Å². The molecule has 0 radical (unpaired) electrons. The van der Waals surface area contributed by atoms with Gasteiger partial charge in [0.1, 0.15) is 5.75 Å². The van der Waals surface area contributed by atoms with Gasteiger partial charge in [-0.15, -0.1) is 0 Å². The number of ether oxygens (including phenoxy) is 1. The Morgan fingerprint density at radius 1 is 1.30 bits per heavy atom. The lowest BCUT2D eigenvalue weighted by Crippen LogP contribution is -2.19. The van der Waals surface area contributed by atoms with E-state index >= 15 is 0 Å². The van der Waals surface area contributed by atoms with Crippen LogP contribution in [0.5, 0.6) is 11.6 Å². The molecule has 2 aromatic rings. The number of rotatable bonds is 6. The van der Waals surface area contributed by atoms with Crippen molar-refractivity contribution < 1.29 is 4.74 Å². The summed E-state index contributed by atoms with van der Waals surface area (Å²) in [5.74, 6) is 1.95. The van der Waals surface area contributed by atoms with Crippen LogP contribution in [0.25, 0.3) is 0 Å². The van der Waals surface area contributed by atoms with Crippen LogP contribution in [-0.2, 0) is 6.54 Å². The molecule has 0 aliphatic carbocycles. The number of aromatic nitrogens is 2. The molecule has 20 heavy (non-hydrogen) atoms. The zero-order chi connectivity index (χ0) is 14.4. The second-order valence-corrected chi connectivity index (χ2v) is 5.27. The number of aryl methyl sites for hydroxylation is 1. The second kappa shape index (κ2) is 7.01. The Balaban J connectivity index is 2.04. The quantitative estimate of drug-likeness (QED) is 0.875. The molecule has 0 fully saturated rings. The highest BCUT2D eigenvalue weighted by Gasteiger charge is 2.03. The smallest absolute Gasteiger partial charge is 0.219 e. The zero-order valence-corrected chi connectivity index (χ0v) is 12.3. The van der Waals surface area contributed by atoms with E-state index in [9.17, 15) is 0 Å². The summed E-state index contributed by atoms with van der Waals surface area (Å²) in [6.07, 6.45) is 3.40. The van der Waals surface area contributed by atoms with E-state index in [0.29, 0.717) is 17.5 Å². The maximum atomic E-state index is 5.73. The summed E-state index contributed by atoms with van der Waals surface area (Å²) in [5, 5.41) is 3.42. The Bertz CT molecular complexity index is 541. The van der Waals surface area contributed by atoms with Gasteiger partial charge in [0.05, 0.1) is 6.20 Å². The van der Waals surface area contributed by atoms with Gasteiger partial charge in [-0.1, -0.05) is 13.8 Å². The lowest BCUT2D eigenvalue weighted by Gasteiger charge is -2.10. The Morgan fingerprint density at radius 3 is 2.85 bits per heavy atom. The molecular formula is C16H21N3O. The Hall–Kier alpha value is -1.94. The topological polar surface area (TPSA) is 47.0 Å². The summed E-state index contributed by atoms with van der Waals surface area (Å²) in [6.45, 7) is 8.19. The number of nitrogens with zero attached hydrogens (tertiary/aromatic N) is 2. The van der Waals surface area contributed by atoms with Gasteiger partial charge < -0.3 is 10.1 Å². The summed E-state index contributed by atoms with van der Waals surface area (Å²) >= 11 is 0. The van der Waals surface area contributed by atoms with E-state index in [1.807, 2.05) is 25.1 Å². The van der Waals surface area contributed by atoms with Gasteiger partial charge in [0.15, 0.2) is 0 Å². The minimum Gasteiger partial charge on any atom is -0.437 e. The molecule has 106 valence electrons. The number of pyridine rings is 2. The third kappa shape index (κ3) is 4.63. The second-order valence-electron chi connectivity index (χ2n) is 5.27. The lowest BCUT2D eigenvalue weighted by atomic mass is 10.2. The number of nitrogens with one attached hydrogen (secondary N) is 1. The van der Waals surface area contributed by atoms with Crippen molar-refractivity contribution in [3.8, 4) is 11.6 Å². The van der Waals surface area contributed by atoms with Gasteiger partial charge in [0, 0.05) is 24.5 Å². The fraction of sp³-hybridized carbons (Fsp3) is 0.375. The van der Waals surface area contributed by atoms with Gasteiger partial charge in [-0.25, -0.2) is 4.98 Å². The first-order valence-corrected chi connectivity index (χ1v) is 6.89. The van der Waals surface area contributed by atoms with Crippen LogP contribution in [-0.4, -0.2) is 16.5 Å². The van der Waals surface area contributed by atoms with Gasteiger partial charge >= 0.3 is 0 Å². The first-order valence-electron chi connectivity index (χ1n) is 6.89. The first kappa shape index (κ1) is 14.5. The Morgan fingerprint density at radius 2 is 2.15 bits per heavy atom. The largest absolute Gasteiger partial charge is 0.437 e.